The number of nitrogens with zero attached hydrogens (tertiary/aromatic N) is 4. The summed E-state index contributed by atoms with van der Waals surface area (Å²) in [4.78, 5) is 72.7. The van der Waals surface area contributed by atoms with Crippen LogP contribution in [0.25, 0.3) is 33.6 Å². The largest absolute Gasteiger partial charge is 0.469 e. The van der Waals surface area contributed by atoms with Gasteiger partial charge in [0.05, 0.1) is 56.2 Å². The molecule has 2 saturated heterocycles. The van der Waals surface area contributed by atoms with Crippen molar-refractivity contribution in [1.82, 2.24) is 35.1 Å². The van der Waals surface area contributed by atoms with E-state index in [2.05, 4.69) is 51.7 Å². The summed E-state index contributed by atoms with van der Waals surface area (Å²) in [5.74, 6) is 0.447. The zero-order valence-electron chi connectivity index (χ0n) is 33.9. The van der Waals surface area contributed by atoms with Crippen LogP contribution < -0.4 is 5.32 Å². The van der Waals surface area contributed by atoms with Crippen LogP contribution in [0.5, 0.6) is 0 Å². The number of nitrogens with one attached hydrogen (secondary N) is 3. The summed E-state index contributed by atoms with van der Waals surface area (Å²) in [5, 5.41) is 2.71. The summed E-state index contributed by atoms with van der Waals surface area (Å²) in [6.45, 7) is 9.00. The number of aromatic nitrogens is 4. The number of esters is 1. The van der Waals surface area contributed by atoms with Crippen molar-refractivity contribution >= 4 is 23.9 Å². The van der Waals surface area contributed by atoms with Crippen molar-refractivity contribution in [1.29, 1.82) is 0 Å². The van der Waals surface area contributed by atoms with E-state index in [9.17, 15) is 19.2 Å². The Labute approximate surface area is 334 Å². The number of methoxy groups -OCH3 is 2. The van der Waals surface area contributed by atoms with E-state index in [0.29, 0.717) is 13.1 Å². The van der Waals surface area contributed by atoms with Crippen molar-refractivity contribution < 1.29 is 28.7 Å². The zero-order chi connectivity index (χ0) is 40.4. The molecule has 2 aromatic carbocycles. The second-order valence-electron chi connectivity index (χ2n) is 16.3. The minimum atomic E-state index is -0.697. The number of alkyl carbamates (subject to hydrolysis) is 1. The Balaban J connectivity index is 1.13. The van der Waals surface area contributed by atoms with E-state index < -0.39 is 18.1 Å². The van der Waals surface area contributed by atoms with Crippen molar-refractivity contribution in [2.24, 2.45) is 17.8 Å². The molecule has 0 radical (unpaired) electrons. The summed E-state index contributed by atoms with van der Waals surface area (Å²) in [6.07, 6.45) is 7.39. The monoisotopic (exact) mass is 777 g/mol. The number of carbonyl (C=O) groups is 4. The summed E-state index contributed by atoms with van der Waals surface area (Å²) in [7, 11) is 2.66. The van der Waals surface area contributed by atoms with Gasteiger partial charge in [-0.25, -0.2) is 14.8 Å². The van der Waals surface area contributed by atoms with Gasteiger partial charge < -0.3 is 34.6 Å². The third-order valence-corrected chi connectivity index (χ3v) is 12.0. The van der Waals surface area contributed by atoms with Crippen molar-refractivity contribution in [3.05, 3.63) is 71.6 Å². The van der Waals surface area contributed by atoms with E-state index in [1.165, 1.54) is 19.8 Å². The highest BCUT2D eigenvalue weighted by atomic mass is 16.5. The lowest BCUT2D eigenvalue weighted by Gasteiger charge is -2.30. The molecule has 13 nitrogen and oxygen atoms in total. The Morgan fingerprint density at radius 3 is 2.21 bits per heavy atom. The van der Waals surface area contributed by atoms with E-state index in [-0.39, 0.29) is 48.1 Å². The second-order valence-corrected chi connectivity index (χ2v) is 16.3. The Morgan fingerprint density at radius 2 is 1.51 bits per heavy atom. The molecular formula is C44H55N7O6. The molecular weight excluding hydrogens is 723 g/mol. The number of fused-ring (bicyclic) bond motifs is 3. The van der Waals surface area contributed by atoms with Crippen molar-refractivity contribution in [3.63, 3.8) is 0 Å². The molecule has 0 spiro atoms. The van der Waals surface area contributed by atoms with Gasteiger partial charge in [-0.05, 0) is 85.6 Å². The molecule has 4 aromatic rings. The van der Waals surface area contributed by atoms with Crippen LogP contribution in [0.1, 0.15) is 101 Å². The maximum atomic E-state index is 13.9. The van der Waals surface area contributed by atoms with Crippen LogP contribution in [-0.4, -0.2) is 87.0 Å². The first-order chi connectivity index (χ1) is 27.5. The van der Waals surface area contributed by atoms with E-state index >= 15 is 0 Å². The summed E-state index contributed by atoms with van der Waals surface area (Å²) >= 11 is 0. The van der Waals surface area contributed by atoms with E-state index in [1.807, 2.05) is 49.8 Å². The van der Waals surface area contributed by atoms with Crippen LogP contribution in [0.2, 0.25) is 0 Å². The smallest absolute Gasteiger partial charge is 0.407 e. The Morgan fingerprint density at radius 1 is 0.807 bits per heavy atom. The number of H-pyrrole nitrogens is 2. The standard InChI is InChI=1S/C44H55N7O6/c1-25(2)31(23-37(52)56-5)42(53)50-19-10-16-36(50)41-46-33-14-8-11-27-17-18-29(22-32(27)39(33)48-41)28-12-7-13-30(21-28)34-24-45-40(47-34)35-15-9-20-51(35)43(54)38(26(3)4)49-44(55)57-6/h7,12-13,17-18,21-22,24-26,31,35-36,38H,8-11,14-16,19-20,23H2,1-6H3,(H,45,47)(H,46,48)(H,49,55)/t31-,35-,36-,38-/m0/s1. The minimum absolute atomic E-state index is 0.000495. The molecule has 0 bridgehead atoms. The van der Waals surface area contributed by atoms with Crippen molar-refractivity contribution in [3.8, 4) is 33.6 Å². The number of imidazole rings is 2. The third kappa shape index (κ3) is 8.20. The molecule has 0 saturated carbocycles. The van der Waals surface area contributed by atoms with E-state index in [1.54, 1.807) is 0 Å². The number of aryl methyl sites for hydroxylation is 2. The number of carbonyl (C=O) groups excluding carboxylic acids is 4. The number of benzene rings is 2. The number of rotatable bonds is 11. The molecule has 13 heteroatoms. The molecule has 302 valence electrons. The maximum absolute atomic E-state index is 13.9. The highest BCUT2D eigenvalue weighted by Gasteiger charge is 2.39. The number of likely N-dealkylation sites (tertiary alicyclic amines) is 2. The van der Waals surface area contributed by atoms with Crippen molar-refractivity contribution in [2.45, 2.75) is 97.2 Å². The molecule has 2 aromatic heterocycles. The molecule has 57 heavy (non-hydrogen) atoms. The molecule has 3 N–H and O–H groups in total. The normalized spacial score (nSPS) is 18.9. The minimum Gasteiger partial charge on any atom is -0.469 e. The van der Waals surface area contributed by atoms with Crippen LogP contribution in [0.3, 0.4) is 0 Å². The second kappa shape index (κ2) is 17.0. The van der Waals surface area contributed by atoms with Gasteiger partial charge in [0.15, 0.2) is 0 Å². The van der Waals surface area contributed by atoms with Gasteiger partial charge in [0.25, 0.3) is 0 Å². The predicted octanol–water partition coefficient (Wildman–Crippen LogP) is 7.17. The lowest BCUT2D eigenvalue weighted by atomic mass is 9.90. The van der Waals surface area contributed by atoms with Gasteiger partial charge in [0.2, 0.25) is 11.8 Å². The molecule has 3 aliphatic rings. The van der Waals surface area contributed by atoms with Gasteiger partial charge in [0.1, 0.15) is 17.7 Å². The number of amides is 3. The molecule has 4 heterocycles. The molecule has 4 atom stereocenters. The SMILES string of the molecule is COC(=O)C[C@H](C(=O)N1CCC[C@H]1c1nc2c([nH]1)CCCc1ccc(-c3cccc(-c4cnc([C@@H]5CCCN5C(=O)[C@@H](NC(=O)OC)C(C)C)[nH]4)c3)cc1-2)C(C)C. The maximum Gasteiger partial charge on any atom is 0.407 e. The first-order valence-electron chi connectivity index (χ1n) is 20.4. The van der Waals surface area contributed by atoms with Gasteiger partial charge in [-0.15, -0.1) is 0 Å². The fraction of sp³-hybridized carbons (Fsp3) is 0.500. The summed E-state index contributed by atoms with van der Waals surface area (Å²) in [6, 6.07) is 13.9. The topological polar surface area (TPSA) is 163 Å². The molecule has 2 fully saturated rings. The fourth-order valence-corrected chi connectivity index (χ4v) is 8.75. The van der Waals surface area contributed by atoms with Gasteiger partial charge in [-0.2, -0.15) is 0 Å². The first-order valence-corrected chi connectivity index (χ1v) is 20.4. The number of aromatic amines is 2. The third-order valence-electron chi connectivity index (χ3n) is 12.0. The van der Waals surface area contributed by atoms with Gasteiger partial charge >= 0.3 is 12.1 Å². The zero-order valence-corrected chi connectivity index (χ0v) is 33.9. The van der Waals surface area contributed by atoms with Crippen LogP contribution in [0.15, 0.2) is 48.7 Å². The molecule has 0 unspecified atom stereocenters. The highest BCUT2D eigenvalue weighted by molar-refractivity contribution is 5.87. The number of hydrogen-bond donors (Lipinski definition) is 3. The molecule has 7 rings (SSSR count). The van der Waals surface area contributed by atoms with Crippen LogP contribution in [-0.2, 0) is 36.7 Å². The van der Waals surface area contributed by atoms with Gasteiger partial charge in [0, 0.05) is 29.9 Å². The fourth-order valence-electron chi connectivity index (χ4n) is 8.75. The molecule has 1 aliphatic carbocycles. The van der Waals surface area contributed by atoms with E-state index in [4.69, 9.17) is 19.4 Å². The molecule has 3 amide bonds. The summed E-state index contributed by atoms with van der Waals surface area (Å²) in [5.41, 5.74) is 8.34. The van der Waals surface area contributed by atoms with Crippen LogP contribution in [0.4, 0.5) is 4.79 Å². The lowest BCUT2D eigenvalue weighted by Crippen LogP contribution is -2.51. The predicted molar refractivity (Wildman–Crippen MR) is 216 cm³/mol. The van der Waals surface area contributed by atoms with Gasteiger partial charge in [-0.3, -0.25) is 14.4 Å². The average Bonchev–Trinajstić information content (AvgIpc) is 4.04. The Bertz CT molecular complexity index is 2120. The van der Waals surface area contributed by atoms with E-state index in [0.717, 1.165) is 95.9 Å². The highest BCUT2D eigenvalue weighted by Crippen LogP contribution is 2.40. The Hall–Kier alpha value is -5.46. The number of hydrogen-bond acceptors (Lipinski definition) is 8. The average molecular weight is 778 g/mol. The van der Waals surface area contributed by atoms with Crippen LogP contribution >= 0.6 is 0 Å². The lowest BCUT2D eigenvalue weighted by molar-refractivity contribution is -0.148. The van der Waals surface area contributed by atoms with Crippen LogP contribution in [0, 0.1) is 17.8 Å². The quantitative estimate of drug-likeness (QED) is 0.135. The van der Waals surface area contributed by atoms with Crippen molar-refractivity contribution in [2.75, 3.05) is 27.3 Å². The first kappa shape index (κ1) is 39.8. The Kier molecular flexibility index (Phi) is 11.8. The summed E-state index contributed by atoms with van der Waals surface area (Å²) < 4.78 is 9.71. The number of ether oxygens (including phenoxy) is 2. The van der Waals surface area contributed by atoms with Gasteiger partial charge in [-0.1, -0.05) is 58.0 Å². The molecule has 2 aliphatic heterocycles.